The Kier molecular flexibility index (Phi) is 2.09. The molecule has 5 heteroatoms. The van der Waals surface area contributed by atoms with Crippen LogP contribution in [0.3, 0.4) is 0 Å². The van der Waals surface area contributed by atoms with E-state index in [1.54, 1.807) is 6.07 Å². The van der Waals surface area contributed by atoms with E-state index in [9.17, 15) is 9.90 Å². The van der Waals surface area contributed by atoms with Crippen molar-refractivity contribution in [2.24, 2.45) is 0 Å². The fraction of sp³-hybridized carbons (Fsp3) is 0. The summed E-state index contributed by atoms with van der Waals surface area (Å²) >= 11 is 7.02. The predicted molar refractivity (Wildman–Crippen MR) is 55.5 cm³/mol. The molecule has 0 atom stereocenters. The Labute approximate surface area is 88.2 Å². The number of carboxylic acid groups (broad SMARTS) is 1. The summed E-state index contributed by atoms with van der Waals surface area (Å²) in [7, 11) is 0. The topological polar surface area (TPSA) is 57.5 Å². The van der Waals surface area contributed by atoms with Crippen molar-refractivity contribution in [3.63, 3.8) is 0 Å². The summed E-state index contributed by atoms with van der Waals surface area (Å²) in [4.78, 5) is 10.8. The Morgan fingerprint density at radius 2 is 2.14 bits per heavy atom. The highest BCUT2D eigenvalue weighted by atomic mass is 35.5. The summed E-state index contributed by atoms with van der Waals surface area (Å²) in [5.74, 6) is -1.02. The summed E-state index contributed by atoms with van der Waals surface area (Å²) in [6.07, 6.45) is 0. The lowest BCUT2D eigenvalue weighted by Crippen LogP contribution is -1.93. The number of fused-ring (bicyclic) bond motifs is 1. The third-order valence-electron chi connectivity index (χ3n) is 1.89. The van der Waals surface area contributed by atoms with Gasteiger partial charge in [0.05, 0.1) is 10.3 Å². The third kappa shape index (κ3) is 1.23. The Bertz CT molecular complexity index is 518. The lowest BCUT2D eigenvalue weighted by molar-refractivity contribution is 0.0699. The number of hydrogen-bond acceptors (Lipinski definition) is 3. The Morgan fingerprint density at radius 1 is 1.43 bits per heavy atom. The van der Waals surface area contributed by atoms with Crippen molar-refractivity contribution in [3.8, 4) is 5.75 Å². The van der Waals surface area contributed by atoms with Gasteiger partial charge in [0.2, 0.25) is 0 Å². The molecule has 0 saturated carbocycles. The molecule has 1 aromatic carbocycles. The number of benzene rings is 1. The molecule has 0 aliphatic heterocycles. The number of aromatic carboxylic acids is 1. The standard InChI is InChI=1S/C9H5ClO3S/c10-7-6(11)2-1-4-5(9(12)13)3-14-8(4)7/h1-3,11H,(H,12,13). The number of thiophene rings is 1. The predicted octanol–water partition coefficient (Wildman–Crippen LogP) is 2.96. The van der Waals surface area contributed by atoms with Crippen molar-refractivity contribution in [2.75, 3.05) is 0 Å². The minimum Gasteiger partial charge on any atom is -0.506 e. The van der Waals surface area contributed by atoms with Crippen LogP contribution >= 0.6 is 22.9 Å². The molecule has 2 aromatic rings. The van der Waals surface area contributed by atoms with Crippen molar-refractivity contribution >= 4 is 39.0 Å². The maximum Gasteiger partial charge on any atom is 0.337 e. The number of aromatic hydroxyl groups is 1. The molecule has 0 bridgehead atoms. The Balaban J connectivity index is 2.83. The molecule has 3 nitrogen and oxygen atoms in total. The fourth-order valence-electron chi connectivity index (χ4n) is 1.22. The van der Waals surface area contributed by atoms with E-state index in [1.807, 2.05) is 0 Å². The monoisotopic (exact) mass is 228 g/mol. The van der Waals surface area contributed by atoms with Gasteiger partial charge in [0, 0.05) is 10.8 Å². The van der Waals surface area contributed by atoms with Crippen molar-refractivity contribution in [2.45, 2.75) is 0 Å². The number of halogens is 1. The van der Waals surface area contributed by atoms with Crippen LogP contribution in [0.2, 0.25) is 5.02 Å². The number of carboxylic acids is 1. The summed E-state index contributed by atoms with van der Waals surface area (Å²) in [5.41, 5.74) is 0.215. The molecule has 72 valence electrons. The van der Waals surface area contributed by atoms with E-state index in [2.05, 4.69) is 0 Å². The summed E-state index contributed by atoms with van der Waals surface area (Å²) < 4.78 is 0.601. The smallest absolute Gasteiger partial charge is 0.337 e. The first-order chi connectivity index (χ1) is 6.61. The van der Waals surface area contributed by atoms with Gasteiger partial charge in [0.25, 0.3) is 0 Å². The number of phenolic OH excluding ortho intramolecular Hbond substituents is 1. The molecule has 0 radical (unpaired) electrons. The minimum atomic E-state index is -0.988. The highest BCUT2D eigenvalue weighted by molar-refractivity contribution is 7.18. The van der Waals surface area contributed by atoms with Crippen LogP contribution in [0.4, 0.5) is 0 Å². The molecule has 0 aliphatic carbocycles. The maximum absolute atomic E-state index is 10.8. The molecule has 14 heavy (non-hydrogen) atoms. The molecule has 0 unspecified atom stereocenters. The summed E-state index contributed by atoms with van der Waals surface area (Å²) in [5, 5.41) is 20.4. The van der Waals surface area contributed by atoms with Crippen molar-refractivity contribution in [3.05, 3.63) is 28.1 Å². The van der Waals surface area contributed by atoms with E-state index in [-0.39, 0.29) is 16.3 Å². The highest BCUT2D eigenvalue weighted by Crippen LogP contribution is 2.37. The maximum atomic E-state index is 10.8. The number of phenols is 1. The zero-order chi connectivity index (χ0) is 10.3. The van der Waals surface area contributed by atoms with E-state index >= 15 is 0 Å². The van der Waals surface area contributed by atoms with E-state index in [4.69, 9.17) is 16.7 Å². The lowest BCUT2D eigenvalue weighted by Gasteiger charge is -1.97. The van der Waals surface area contributed by atoms with Crippen molar-refractivity contribution < 1.29 is 15.0 Å². The lowest BCUT2D eigenvalue weighted by atomic mass is 10.2. The molecule has 1 aromatic heterocycles. The van der Waals surface area contributed by atoms with Gasteiger partial charge in [-0.05, 0) is 12.1 Å². The first-order valence-corrected chi connectivity index (χ1v) is 4.99. The summed E-state index contributed by atoms with van der Waals surface area (Å²) in [6, 6.07) is 2.94. The molecule has 0 spiro atoms. The van der Waals surface area contributed by atoms with Gasteiger partial charge >= 0.3 is 5.97 Å². The van der Waals surface area contributed by atoms with Crippen LogP contribution in [0, 0.1) is 0 Å². The van der Waals surface area contributed by atoms with Crippen molar-refractivity contribution in [1.29, 1.82) is 0 Å². The third-order valence-corrected chi connectivity index (χ3v) is 3.40. The zero-order valence-electron chi connectivity index (χ0n) is 6.82. The minimum absolute atomic E-state index is 0.0297. The average molecular weight is 229 g/mol. The second-order valence-corrected chi connectivity index (χ2v) is 3.99. The molecule has 0 saturated heterocycles. The molecule has 0 fully saturated rings. The summed E-state index contributed by atoms with van der Waals surface area (Å²) in [6.45, 7) is 0. The molecule has 2 N–H and O–H groups in total. The SMILES string of the molecule is O=C(O)c1csc2c(Cl)c(O)ccc12. The van der Waals surface area contributed by atoms with E-state index in [1.165, 1.54) is 22.8 Å². The second-order valence-electron chi connectivity index (χ2n) is 2.73. The van der Waals surface area contributed by atoms with Crippen LogP contribution in [0.5, 0.6) is 5.75 Å². The Hall–Kier alpha value is -1.26. The van der Waals surface area contributed by atoms with Crippen LogP contribution in [0.25, 0.3) is 10.1 Å². The van der Waals surface area contributed by atoms with E-state index < -0.39 is 5.97 Å². The van der Waals surface area contributed by atoms with Gasteiger partial charge in [-0.25, -0.2) is 4.79 Å². The van der Waals surface area contributed by atoms with Crippen LogP contribution in [-0.4, -0.2) is 16.2 Å². The molecule has 0 amide bonds. The van der Waals surface area contributed by atoms with Gasteiger partial charge < -0.3 is 10.2 Å². The first-order valence-electron chi connectivity index (χ1n) is 3.73. The van der Waals surface area contributed by atoms with Gasteiger partial charge in [-0.1, -0.05) is 11.6 Å². The fourth-order valence-corrected chi connectivity index (χ4v) is 2.49. The van der Waals surface area contributed by atoms with Gasteiger partial charge in [-0.15, -0.1) is 11.3 Å². The van der Waals surface area contributed by atoms with Gasteiger partial charge in [0.1, 0.15) is 10.8 Å². The number of hydrogen-bond donors (Lipinski definition) is 2. The van der Waals surface area contributed by atoms with Gasteiger partial charge in [0.15, 0.2) is 0 Å². The van der Waals surface area contributed by atoms with E-state index in [0.717, 1.165) is 0 Å². The molecular formula is C9H5ClO3S. The largest absolute Gasteiger partial charge is 0.506 e. The average Bonchev–Trinajstić information content (AvgIpc) is 2.55. The molecule has 2 rings (SSSR count). The van der Waals surface area contributed by atoms with Crippen LogP contribution in [0.15, 0.2) is 17.5 Å². The van der Waals surface area contributed by atoms with Crippen molar-refractivity contribution in [1.82, 2.24) is 0 Å². The molecule has 1 heterocycles. The van der Waals surface area contributed by atoms with Gasteiger partial charge in [-0.3, -0.25) is 0 Å². The van der Waals surface area contributed by atoms with Crippen LogP contribution in [-0.2, 0) is 0 Å². The number of carbonyl (C=O) groups is 1. The number of rotatable bonds is 1. The quantitative estimate of drug-likeness (QED) is 0.789. The van der Waals surface area contributed by atoms with Gasteiger partial charge in [-0.2, -0.15) is 0 Å². The second kappa shape index (κ2) is 3.15. The highest BCUT2D eigenvalue weighted by Gasteiger charge is 2.14. The zero-order valence-corrected chi connectivity index (χ0v) is 8.39. The molecular weight excluding hydrogens is 224 g/mol. The van der Waals surface area contributed by atoms with Crippen LogP contribution < -0.4 is 0 Å². The first kappa shape index (κ1) is 9.30. The van der Waals surface area contributed by atoms with Crippen LogP contribution in [0.1, 0.15) is 10.4 Å². The van der Waals surface area contributed by atoms with E-state index in [0.29, 0.717) is 10.1 Å². The Morgan fingerprint density at radius 3 is 2.79 bits per heavy atom. The molecule has 0 aliphatic rings. The normalized spacial score (nSPS) is 10.6.